The van der Waals surface area contributed by atoms with Crippen molar-refractivity contribution < 1.29 is 19.8 Å². The fourth-order valence-corrected chi connectivity index (χ4v) is 1.73. The summed E-state index contributed by atoms with van der Waals surface area (Å²) in [7, 11) is 0. The lowest BCUT2D eigenvalue weighted by Crippen LogP contribution is -2.17. The van der Waals surface area contributed by atoms with E-state index in [4.69, 9.17) is 5.11 Å². The third kappa shape index (κ3) is 3.32. The molecule has 0 spiro atoms. The number of phenols is 1. The van der Waals surface area contributed by atoms with Crippen molar-refractivity contribution in [2.24, 2.45) is 0 Å². The van der Waals surface area contributed by atoms with Gasteiger partial charge in [0.15, 0.2) is 0 Å². The third-order valence-electron chi connectivity index (χ3n) is 2.60. The highest BCUT2D eigenvalue weighted by molar-refractivity contribution is 6.00. The van der Waals surface area contributed by atoms with Crippen molar-refractivity contribution >= 4 is 17.6 Å². The molecule has 1 aromatic carbocycles. The zero-order chi connectivity index (χ0) is 14.5. The van der Waals surface area contributed by atoms with Gasteiger partial charge in [0, 0.05) is 6.20 Å². The molecule has 20 heavy (non-hydrogen) atoms. The van der Waals surface area contributed by atoms with E-state index in [-0.39, 0.29) is 29.3 Å². The zero-order valence-electron chi connectivity index (χ0n) is 10.4. The fraction of sp³-hybridized carbons (Fsp3) is 0.0714. The molecule has 0 fully saturated rings. The third-order valence-corrected chi connectivity index (χ3v) is 2.60. The summed E-state index contributed by atoms with van der Waals surface area (Å²) in [6.07, 6.45) is 2.65. The molecule has 0 aliphatic carbocycles. The van der Waals surface area contributed by atoms with E-state index >= 15 is 0 Å². The molecule has 1 heterocycles. The Morgan fingerprint density at radius 2 is 2.05 bits per heavy atom. The van der Waals surface area contributed by atoms with Crippen molar-refractivity contribution in [3.05, 3.63) is 53.9 Å². The summed E-state index contributed by atoms with van der Waals surface area (Å²) < 4.78 is 0. The first-order valence-corrected chi connectivity index (χ1v) is 5.81. The number of benzene rings is 1. The first-order valence-electron chi connectivity index (χ1n) is 5.81. The van der Waals surface area contributed by atoms with Gasteiger partial charge >= 0.3 is 5.97 Å². The molecule has 0 radical (unpaired) electrons. The number of nitrogens with zero attached hydrogens (tertiary/aromatic N) is 1. The Hall–Kier alpha value is -2.89. The molecule has 3 N–H and O–H groups in total. The van der Waals surface area contributed by atoms with E-state index in [1.807, 2.05) is 0 Å². The number of amides is 1. The molecule has 1 amide bonds. The Morgan fingerprint density at radius 3 is 2.75 bits per heavy atom. The highest BCUT2D eigenvalue weighted by Crippen LogP contribution is 2.15. The standard InChI is InChI=1S/C14H12N2O4/c17-10-3-1-2-9(6-10)7-13(18)16-12-8-15-5-4-11(12)14(19)20/h1-6,8,17H,7H2,(H,16,18)(H,19,20). The van der Waals surface area contributed by atoms with Crippen molar-refractivity contribution in [3.63, 3.8) is 0 Å². The average molecular weight is 272 g/mol. The molecule has 2 rings (SSSR count). The summed E-state index contributed by atoms with van der Waals surface area (Å²) in [5.74, 6) is -1.45. The van der Waals surface area contributed by atoms with Gasteiger partial charge in [0.2, 0.25) is 5.91 Å². The van der Waals surface area contributed by atoms with E-state index in [1.54, 1.807) is 12.1 Å². The van der Waals surface area contributed by atoms with Crippen LogP contribution in [-0.4, -0.2) is 27.1 Å². The highest BCUT2D eigenvalue weighted by Gasteiger charge is 2.12. The van der Waals surface area contributed by atoms with Gasteiger partial charge in [-0.05, 0) is 23.8 Å². The number of rotatable bonds is 4. The lowest BCUT2D eigenvalue weighted by Gasteiger charge is -2.07. The number of hydrogen-bond donors (Lipinski definition) is 3. The number of hydrogen-bond acceptors (Lipinski definition) is 4. The summed E-state index contributed by atoms with van der Waals surface area (Å²) in [6, 6.07) is 7.61. The second-order valence-electron chi connectivity index (χ2n) is 4.12. The van der Waals surface area contributed by atoms with Gasteiger partial charge in [0.1, 0.15) is 5.75 Å². The molecule has 0 unspecified atom stereocenters. The number of aromatic carboxylic acids is 1. The van der Waals surface area contributed by atoms with Crippen LogP contribution >= 0.6 is 0 Å². The Kier molecular flexibility index (Phi) is 3.95. The molecule has 6 nitrogen and oxygen atoms in total. The van der Waals surface area contributed by atoms with Crippen molar-refractivity contribution in [2.45, 2.75) is 6.42 Å². The number of carbonyl (C=O) groups excluding carboxylic acids is 1. The smallest absolute Gasteiger partial charge is 0.337 e. The van der Waals surface area contributed by atoms with Crippen molar-refractivity contribution in [1.29, 1.82) is 0 Å². The van der Waals surface area contributed by atoms with Crippen LogP contribution in [0.15, 0.2) is 42.7 Å². The summed E-state index contributed by atoms with van der Waals surface area (Å²) in [6.45, 7) is 0. The van der Waals surface area contributed by atoms with Crippen LogP contribution in [0, 0.1) is 0 Å². The van der Waals surface area contributed by atoms with Crippen molar-refractivity contribution in [2.75, 3.05) is 5.32 Å². The Labute approximate surface area is 114 Å². The molecule has 1 aromatic heterocycles. The monoisotopic (exact) mass is 272 g/mol. The molecule has 0 bridgehead atoms. The van der Waals surface area contributed by atoms with Crippen LogP contribution in [0.5, 0.6) is 5.75 Å². The molecule has 0 saturated heterocycles. The maximum atomic E-state index is 11.9. The van der Waals surface area contributed by atoms with Gasteiger partial charge in [0.25, 0.3) is 0 Å². The molecular weight excluding hydrogens is 260 g/mol. The lowest BCUT2D eigenvalue weighted by atomic mass is 10.1. The lowest BCUT2D eigenvalue weighted by molar-refractivity contribution is -0.115. The number of anilines is 1. The number of pyridine rings is 1. The van der Waals surface area contributed by atoms with Gasteiger partial charge in [-0.2, -0.15) is 0 Å². The number of carboxylic acid groups (broad SMARTS) is 1. The van der Waals surface area contributed by atoms with Gasteiger partial charge in [-0.1, -0.05) is 12.1 Å². The van der Waals surface area contributed by atoms with Crippen LogP contribution in [0.25, 0.3) is 0 Å². The molecule has 0 saturated carbocycles. The van der Waals surface area contributed by atoms with Crippen molar-refractivity contribution in [3.8, 4) is 5.75 Å². The minimum atomic E-state index is -1.14. The molecule has 102 valence electrons. The zero-order valence-corrected chi connectivity index (χ0v) is 10.4. The highest BCUT2D eigenvalue weighted by atomic mass is 16.4. The largest absolute Gasteiger partial charge is 0.508 e. The Morgan fingerprint density at radius 1 is 1.25 bits per heavy atom. The minimum Gasteiger partial charge on any atom is -0.508 e. The Balaban J connectivity index is 2.11. The SMILES string of the molecule is O=C(Cc1cccc(O)c1)Nc1cnccc1C(=O)O. The number of phenolic OH excluding ortho intramolecular Hbond substituents is 1. The van der Waals surface area contributed by atoms with Gasteiger partial charge in [-0.3, -0.25) is 9.78 Å². The Bertz CT molecular complexity index is 655. The van der Waals surface area contributed by atoms with Gasteiger partial charge < -0.3 is 15.5 Å². The molecule has 0 aliphatic heterocycles. The second-order valence-corrected chi connectivity index (χ2v) is 4.12. The minimum absolute atomic E-state index is 0.0238. The molecule has 2 aromatic rings. The second kappa shape index (κ2) is 5.83. The number of nitrogens with one attached hydrogen (secondary N) is 1. The van der Waals surface area contributed by atoms with E-state index in [2.05, 4.69) is 10.3 Å². The van der Waals surface area contributed by atoms with E-state index in [9.17, 15) is 14.7 Å². The van der Waals surface area contributed by atoms with E-state index in [0.29, 0.717) is 5.56 Å². The summed E-state index contributed by atoms with van der Waals surface area (Å²) >= 11 is 0. The first-order chi connectivity index (χ1) is 9.56. The molecule has 6 heteroatoms. The number of carboxylic acids is 1. The predicted octanol–water partition coefficient (Wildman–Crippen LogP) is 1.67. The number of aromatic hydroxyl groups is 1. The number of carbonyl (C=O) groups is 2. The maximum absolute atomic E-state index is 11.9. The van der Waals surface area contributed by atoms with Crippen LogP contribution in [0.3, 0.4) is 0 Å². The van der Waals surface area contributed by atoms with Crippen LogP contribution in [0.1, 0.15) is 15.9 Å². The van der Waals surface area contributed by atoms with E-state index < -0.39 is 5.97 Å². The predicted molar refractivity (Wildman–Crippen MR) is 71.6 cm³/mol. The first kappa shape index (κ1) is 13.5. The summed E-state index contributed by atoms with van der Waals surface area (Å²) in [5, 5.41) is 20.8. The van der Waals surface area contributed by atoms with Gasteiger partial charge in [-0.15, -0.1) is 0 Å². The van der Waals surface area contributed by atoms with Crippen LogP contribution < -0.4 is 5.32 Å². The normalized spacial score (nSPS) is 10.0. The fourth-order valence-electron chi connectivity index (χ4n) is 1.73. The van der Waals surface area contributed by atoms with E-state index in [0.717, 1.165) is 0 Å². The average Bonchev–Trinajstić information content (AvgIpc) is 2.38. The summed E-state index contributed by atoms with van der Waals surface area (Å²) in [4.78, 5) is 26.6. The number of aromatic nitrogens is 1. The van der Waals surface area contributed by atoms with Crippen LogP contribution in [0.2, 0.25) is 0 Å². The van der Waals surface area contributed by atoms with Gasteiger partial charge in [-0.25, -0.2) is 4.79 Å². The van der Waals surface area contributed by atoms with Crippen molar-refractivity contribution in [1.82, 2.24) is 4.98 Å². The molecule has 0 aliphatic rings. The van der Waals surface area contributed by atoms with E-state index in [1.165, 1.54) is 30.6 Å². The quantitative estimate of drug-likeness (QED) is 0.786. The maximum Gasteiger partial charge on any atom is 0.337 e. The molecular formula is C14H12N2O4. The van der Waals surface area contributed by atoms with Crippen LogP contribution in [0.4, 0.5) is 5.69 Å². The topological polar surface area (TPSA) is 99.5 Å². The summed E-state index contributed by atoms with van der Waals surface area (Å²) in [5.41, 5.74) is 0.748. The van der Waals surface area contributed by atoms with Crippen LogP contribution in [-0.2, 0) is 11.2 Å². The van der Waals surface area contributed by atoms with Gasteiger partial charge in [0.05, 0.1) is 23.9 Å². The molecule has 0 atom stereocenters.